The van der Waals surface area contributed by atoms with Gasteiger partial charge in [-0.15, -0.1) is 0 Å². The van der Waals surface area contributed by atoms with Crippen LogP contribution in [0.4, 0.5) is 4.79 Å². The number of ether oxygens (including phenoxy) is 1. The van der Waals surface area contributed by atoms with E-state index in [-0.39, 0.29) is 12.2 Å². The van der Waals surface area contributed by atoms with E-state index in [0.717, 1.165) is 24.9 Å². The van der Waals surface area contributed by atoms with E-state index < -0.39 is 0 Å². The highest BCUT2D eigenvalue weighted by atomic mass is 16.6. The second-order valence-corrected chi connectivity index (χ2v) is 4.15. The molecule has 1 aliphatic heterocycles. The zero-order valence-corrected chi connectivity index (χ0v) is 9.71. The van der Waals surface area contributed by atoms with Crippen LogP contribution >= 0.6 is 0 Å². The highest BCUT2D eigenvalue weighted by Crippen LogP contribution is 2.16. The first-order valence-electron chi connectivity index (χ1n) is 5.84. The molecule has 0 spiro atoms. The van der Waals surface area contributed by atoms with E-state index in [1.165, 1.54) is 0 Å². The highest BCUT2D eigenvalue weighted by Gasteiger charge is 2.26. The third-order valence-electron chi connectivity index (χ3n) is 2.86. The van der Waals surface area contributed by atoms with Crippen molar-refractivity contribution in [1.82, 2.24) is 9.88 Å². The molecule has 2 rings (SSSR count). The van der Waals surface area contributed by atoms with Gasteiger partial charge in [-0.25, -0.2) is 4.79 Å². The fourth-order valence-corrected chi connectivity index (χ4v) is 1.91. The van der Waals surface area contributed by atoms with E-state index in [1.807, 2.05) is 12.1 Å². The van der Waals surface area contributed by atoms with Crippen molar-refractivity contribution in [2.45, 2.75) is 25.5 Å². The number of aromatic nitrogens is 1. The third-order valence-corrected chi connectivity index (χ3v) is 2.86. The molecule has 0 radical (unpaired) electrons. The number of cyclic esters (lactones) is 1. The Bertz CT molecular complexity index is 369. The van der Waals surface area contributed by atoms with Crippen LogP contribution in [0.5, 0.6) is 0 Å². The predicted octanol–water partition coefficient (Wildman–Crippen LogP) is 1.14. The Hall–Kier alpha value is -1.62. The summed E-state index contributed by atoms with van der Waals surface area (Å²) in [4.78, 5) is 17.4. The van der Waals surface area contributed by atoms with Gasteiger partial charge >= 0.3 is 6.09 Å². The van der Waals surface area contributed by atoms with Gasteiger partial charge in [-0.05, 0) is 30.7 Å². The summed E-state index contributed by atoms with van der Waals surface area (Å²) in [7, 11) is 0. The van der Waals surface area contributed by atoms with Gasteiger partial charge < -0.3 is 15.4 Å². The summed E-state index contributed by atoms with van der Waals surface area (Å²) in [5, 5.41) is 0. The fraction of sp³-hybridized carbons (Fsp3) is 0.500. The summed E-state index contributed by atoms with van der Waals surface area (Å²) in [5.74, 6) is 0. The van der Waals surface area contributed by atoms with E-state index in [9.17, 15) is 4.79 Å². The maximum Gasteiger partial charge on any atom is 0.410 e. The quantitative estimate of drug-likeness (QED) is 0.849. The largest absolute Gasteiger partial charge is 0.446 e. The van der Waals surface area contributed by atoms with Gasteiger partial charge in [0.25, 0.3) is 0 Å². The molecule has 1 fully saturated rings. The zero-order chi connectivity index (χ0) is 12.1. The van der Waals surface area contributed by atoms with Crippen LogP contribution in [0.3, 0.4) is 0 Å². The van der Waals surface area contributed by atoms with Crippen molar-refractivity contribution in [3.8, 4) is 0 Å². The summed E-state index contributed by atoms with van der Waals surface area (Å²) in [5.41, 5.74) is 6.52. The maximum absolute atomic E-state index is 11.7. The van der Waals surface area contributed by atoms with Crippen LogP contribution in [0.25, 0.3) is 0 Å². The first-order valence-corrected chi connectivity index (χ1v) is 5.84. The Morgan fingerprint density at radius 3 is 2.88 bits per heavy atom. The Morgan fingerprint density at radius 1 is 1.47 bits per heavy atom. The van der Waals surface area contributed by atoms with Crippen molar-refractivity contribution in [2.75, 3.05) is 13.1 Å². The van der Waals surface area contributed by atoms with Gasteiger partial charge in [-0.2, -0.15) is 0 Å². The van der Waals surface area contributed by atoms with Crippen LogP contribution in [0.1, 0.15) is 18.4 Å². The van der Waals surface area contributed by atoms with E-state index in [1.54, 1.807) is 17.3 Å². The number of carbonyl (C=O) groups excluding carboxylic acids is 1. The van der Waals surface area contributed by atoms with Crippen molar-refractivity contribution in [1.29, 1.82) is 0 Å². The van der Waals surface area contributed by atoms with E-state index in [2.05, 4.69) is 4.98 Å². The van der Waals surface area contributed by atoms with Gasteiger partial charge in [0.1, 0.15) is 6.10 Å². The number of pyridine rings is 1. The lowest BCUT2D eigenvalue weighted by Gasteiger charge is -2.31. The van der Waals surface area contributed by atoms with Crippen LogP contribution in [0.2, 0.25) is 0 Å². The molecular weight excluding hydrogens is 218 g/mol. The molecule has 2 heterocycles. The lowest BCUT2D eigenvalue weighted by molar-refractivity contribution is 0.0202. The number of hydrogen-bond acceptors (Lipinski definition) is 4. The first kappa shape index (κ1) is 11.9. The van der Waals surface area contributed by atoms with Crippen LogP contribution in [-0.2, 0) is 11.3 Å². The molecule has 1 aliphatic rings. The highest BCUT2D eigenvalue weighted by molar-refractivity contribution is 5.68. The van der Waals surface area contributed by atoms with Crippen LogP contribution in [0, 0.1) is 0 Å². The second kappa shape index (κ2) is 5.63. The molecule has 1 unspecified atom stereocenters. The Kier molecular flexibility index (Phi) is 3.93. The average Bonchev–Trinajstić information content (AvgIpc) is 2.34. The molecule has 5 nitrogen and oxygen atoms in total. The number of nitrogens with two attached hydrogens (primary N) is 1. The molecule has 92 valence electrons. The van der Waals surface area contributed by atoms with Crippen LogP contribution in [0.15, 0.2) is 24.5 Å². The lowest BCUT2D eigenvalue weighted by Crippen LogP contribution is -2.42. The summed E-state index contributed by atoms with van der Waals surface area (Å²) in [6.45, 7) is 1.87. The molecule has 1 aromatic rings. The van der Waals surface area contributed by atoms with Gasteiger partial charge in [-0.3, -0.25) is 4.98 Å². The summed E-state index contributed by atoms with van der Waals surface area (Å²) in [6, 6.07) is 3.80. The van der Waals surface area contributed by atoms with Crippen molar-refractivity contribution in [3.63, 3.8) is 0 Å². The van der Waals surface area contributed by atoms with Gasteiger partial charge in [0.05, 0.1) is 0 Å². The molecule has 0 saturated carbocycles. The molecule has 1 atom stereocenters. The summed E-state index contributed by atoms with van der Waals surface area (Å²) >= 11 is 0. The molecule has 0 aliphatic carbocycles. The Balaban J connectivity index is 1.90. The number of hydrogen-bond donors (Lipinski definition) is 1. The van der Waals surface area contributed by atoms with Crippen LogP contribution in [-0.4, -0.2) is 35.2 Å². The Labute approximate surface area is 101 Å². The van der Waals surface area contributed by atoms with Gasteiger partial charge in [0.15, 0.2) is 0 Å². The number of rotatable bonds is 4. The van der Waals surface area contributed by atoms with E-state index in [0.29, 0.717) is 13.1 Å². The van der Waals surface area contributed by atoms with Gasteiger partial charge in [0, 0.05) is 31.9 Å². The molecule has 2 N–H and O–H groups in total. The molecular formula is C12H17N3O2. The monoisotopic (exact) mass is 235 g/mol. The molecule has 0 bridgehead atoms. The minimum absolute atomic E-state index is 0.0128. The van der Waals surface area contributed by atoms with Crippen molar-refractivity contribution in [2.24, 2.45) is 5.73 Å². The molecule has 17 heavy (non-hydrogen) atoms. The Morgan fingerprint density at radius 2 is 2.24 bits per heavy atom. The molecule has 1 aromatic heterocycles. The predicted molar refractivity (Wildman–Crippen MR) is 63.2 cm³/mol. The van der Waals surface area contributed by atoms with Gasteiger partial charge in [0.2, 0.25) is 0 Å². The van der Waals surface area contributed by atoms with E-state index in [4.69, 9.17) is 10.5 Å². The smallest absolute Gasteiger partial charge is 0.410 e. The zero-order valence-electron chi connectivity index (χ0n) is 9.71. The fourth-order valence-electron chi connectivity index (χ4n) is 1.91. The third kappa shape index (κ3) is 3.17. The normalized spacial score (nSPS) is 20.2. The van der Waals surface area contributed by atoms with Crippen molar-refractivity contribution < 1.29 is 9.53 Å². The first-order chi connectivity index (χ1) is 8.29. The maximum atomic E-state index is 11.7. The van der Waals surface area contributed by atoms with Gasteiger partial charge in [-0.1, -0.05) is 0 Å². The van der Waals surface area contributed by atoms with Crippen molar-refractivity contribution >= 4 is 6.09 Å². The van der Waals surface area contributed by atoms with E-state index >= 15 is 0 Å². The molecule has 1 amide bonds. The number of nitrogens with zero attached hydrogens (tertiary/aromatic N) is 2. The molecule has 1 saturated heterocycles. The second-order valence-electron chi connectivity index (χ2n) is 4.15. The molecule has 5 heteroatoms. The van der Waals surface area contributed by atoms with Crippen LogP contribution < -0.4 is 5.73 Å². The SMILES string of the molecule is NCCC1CCN(Cc2ccncc2)C(=O)O1. The minimum atomic E-state index is -0.244. The summed E-state index contributed by atoms with van der Waals surface area (Å²) < 4.78 is 5.30. The van der Waals surface area contributed by atoms with Crippen molar-refractivity contribution in [3.05, 3.63) is 30.1 Å². The average molecular weight is 235 g/mol. The number of amides is 1. The number of carbonyl (C=O) groups is 1. The summed E-state index contributed by atoms with van der Waals surface area (Å²) in [6.07, 6.45) is 4.79. The molecule has 0 aromatic carbocycles. The lowest BCUT2D eigenvalue weighted by atomic mass is 10.1. The minimum Gasteiger partial charge on any atom is -0.446 e. The topological polar surface area (TPSA) is 68.5 Å². The standard InChI is InChI=1S/C12H17N3O2/c13-5-1-11-4-8-15(12(16)17-11)9-10-2-6-14-7-3-10/h2-3,6-7,11H,1,4-5,8-9,13H2.